The van der Waals surface area contributed by atoms with Crippen LogP contribution in [0.5, 0.6) is 0 Å². The highest BCUT2D eigenvalue weighted by atomic mass is 35.5. The van der Waals surface area contributed by atoms with E-state index in [9.17, 15) is 4.79 Å². The van der Waals surface area contributed by atoms with Crippen LogP contribution in [-0.4, -0.2) is 18.1 Å². The van der Waals surface area contributed by atoms with Gasteiger partial charge < -0.3 is 11.1 Å². The van der Waals surface area contributed by atoms with Crippen LogP contribution in [-0.2, 0) is 4.79 Å². The van der Waals surface area contributed by atoms with Crippen LogP contribution in [0.1, 0.15) is 24.9 Å². The minimum atomic E-state index is -0.301. The van der Waals surface area contributed by atoms with E-state index in [0.717, 1.165) is 5.56 Å². The van der Waals surface area contributed by atoms with Crippen LogP contribution in [0, 0.1) is 0 Å². The maximum atomic E-state index is 12.0. The molecule has 1 fully saturated rings. The van der Waals surface area contributed by atoms with E-state index < -0.39 is 0 Å². The molecule has 0 saturated carbocycles. The van der Waals surface area contributed by atoms with Crippen molar-refractivity contribution in [3.05, 3.63) is 34.9 Å². The van der Waals surface area contributed by atoms with Crippen molar-refractivity contribution in [1.82, 2.24) is 16.2 Å². The van der Waals surface area contributed by atoms with Gasteiger partial charge in [-0.25, -0.2) is 10.9 Å². The van der Waals surface area contributed by atoms with E-state index >= 15 is 0 Å². The highest BCUT2D eigenvalue weighted by molar-refractivity contribution is 6.31. The van der Waals surface area contributed by atoms with Gasteiger partial charge in [-0.1, -0.05) is 29.8 Å². The second-order valence-electron chi connectivity index (χ2n) is 4.44. The number of carbonyl (C=O) groups is 1. The molecule has 1 amide bonds. The van der Waals surface area contributed by atoms with Gasteiger partial charge in [-0.3, -0.25) is 4.79 Å². The first-order valence-corrected chi connectivity index (χ1v) is 6.27. The summed E-state index contributed by atoms with van der Waals surface area (Å²) in [5, 5.41) is 3.57. The minimum Gasteiger partial charge on any atom is -0.348 e. The Hall–Kier alpha value is -1.14. The number of rotatable bonds is 3. The number of hydrogen-bond acceptors (Lipinski definition) is 4. The predicted molar refractivity (Wildman–Crippen MR) is 70.7 cm³/mol. The standard InChI is InChI=1S/C12H17ClN4O/c1-7(8-4-2-3-5-9(8)13)15-12(18)10-6-11(14)17-16-10/h2-5,7,10-11,16-17H,6,14H2,1H3,(H,15,18). The molecule has 1 aromatic rings. The lowest BCUT2D eigenvalue weighted by Crippen LogP contribution is -2.44. The molecule has 0 radical (unpaired) electrons. The van der Waals surface area contributed by atoms with E-state index in [1.807, 2.05) is 31.2 Å². The Labute approximate surface area is 111 Å². The molecule has 2 rings (SSSR count). The Balaban J connectivity index is 1.97. The molecule has 5 nitrogen and oxygen atoms in total. The van der Waals surface area contributed by atoms with Crippen LogP contribution in [0.2, 0.25) is 5.02 Å². The van der Waals surface area contributed by atoms with E-state index in [0.29, 0.717) is 11.4 Å². The zero-order valence-electron chi connectivity index (χ0n) is 10.1. The number of halogens is 1. The number of hydrazine groups is 1. The zero-order valence-corrected chi connectivity index (χ0v) is 10.9. The molecule has 1 aliphatic heterocycles. The zero-order chi connectivity index (χ0) is 13.1. The molecule has 0 spiro atoms. The fraction of sp³-hybridized carbons (Fsp3) is 0.417. The number of carbonyl (C=O) groups excluding carboxylic acids is 1. The number of nitrogens with two attached hydrogens (primary N) is 1. The highest BCUT2D eigenvalue weighted by Gasteiger charge is 2.28. The van der Waals surface area contributed by atoms with Crippen molar-refractivity contribution in [2.75, 3.05) is 0 Å². The van der Waals surface area contributed by atoms with E-state index in [1.165, 1.54) is 0 Å². The van der Waals surface area contributed by atoms with Crippen molar-refractivity contribution in [3.63, 3.8) is 0 Å². The molecule has 1 heterocycles. The van der Waals surface area contributed by atoms with Gasteiger partial charge >= 0.3 is 0 Å². The third-order valence-corrected chi connectivity index (χ3v) is 3.32. The SMILES string of the molecule is CC(NC(=O)C1CC(N)NN1)c1ccccc1Cl. The van der Waals surface area contributed by atoms with Gasteiger partial charge in [0.25, 0.3) is 0 Å². The second-order valence-corrected chi connectivity index (χ2v) is 4.84. The summed E-state index contributed by atoms with van der Waals surface area (Å²) in [5.41, 5.74) is 12.2. The molecule has 18 heavy (non-hydrogen) atoms. The summed E-state index contributed by atoms with van der Waals surface area (Å²) in [4.78, 5) is 12.0. The topological polar surface area (TPSA) is 79.2 Å². The average Bonchev–Trinajstić information content (AvgIpc) is 2.76. The van der Waals surface area contributed by atoms with Crippen molar-refractivity contribution in [2.24, 2.45) is 5.73 Å². The molecule has 98 valence electrons. The normalized spacial score (nSPS) is 24.8. The van der Waals surface area contributed by atoms with E-state index in [-0.39, 0.29) is 24.2 Å². The smallest absolute Gasteiger partial charge is 0.239 e. The summed E-state index contributed by atoms with van der Waals surface area (Å²) in [6.07, 6.45) is 0.387. The summed E-state index contributed by atoms with van der Waals surface area (Å²) in [5.74, 6) is -0.0807. The molecule has 0 aliphatic carbocycles. The molecule has 5 N–H and O–H groups in total. The van der Waals surface area contributed by atoms with Crippen molar-refractivity contribution >= 4 is 17.5 Å². The molecule has 0 aromatic heterocycles. The van der Waals surface area contributed by atoms with Gasteiger partial charge in [-0.05, 0) is 18.6 Å². The lowest BCUT2D eigenvalue weighted by atomic mass is 10.1. The first-order chi connectivity index (χ1) is 8.58. The number of hydrogen-bond donors (Lipinski definition) is 4. The first-order valence-electron chi connectivity index (χ1n) is 5.89. The predicted octanol–water partition coefficient (Wildman–Crippen LogP) is 0.669. The van der Waals surface area contributed by atoms with Crippen LogP contribution in [0.3, 0.4) is 0 Å². The van der Waals surface area contributed by atoms with Crippen molar-refractivity contribution < 1.29 is 4.79 Å². The summed E-state index contributed by atoms with van der Waals surface area (Å²) in [6, 6.07) is 7.04. The van der Waals surface area contributed by atoms with Gasteiger partial charge in [0, 0.05) is 11.4 Å². The lowest BCUT2D eigenvalue weighted by molar-refractivity contribution is -0.123. The molecule has 1 aromatic carbocycles. The van der Waals surface area contributed by atoms with Crippen LogP contribution < -0.4 is 21.9 Å². The molecular formula is C12H17ClN4O. The second kappa shape index (κ2) is 5.67. The van der Waals surface area contributed by atoms with Crippen LogP contribution in [0.4, 0.5) is 0 Å². The highest BCUT2D eigenvalue weighted by Crippen LogP contribution is 2.22. The van der Waals surface area contributed by atoms with Gasteiger partial charge in [0.15, 0.2) is 0 Å². The van der Waals surface area contributed by atoms with Gasteiger partial charge in [0.2, 0.25) is 5.91 Å². The Morgan fingerprint density at radius 2 is 2.22 bits per heavy atom. The van der Waals surface area contributed by atoms with Gasteiger partial charge in [-0.15, -0.1) is 0 Å². The monoisotopic (exact) mass is 268 g/mol. The summed E-state index contributed by atoms with van der Waals surface area (Å²) < 4.78 is 0. The molecule has 3 unspecified atom stereocenters. The lowest BCUT2D eigenvalue weighted by Gasteiger charge is -2.18. The Kier molecular flexibility index (Phi) is 4.19. The molecular weight excluding hydrogens is 252 g/mol. The maximum Gasteiger partial charge on any atom is 0.239 e. The summed E-state index contributed by atoms with van der Waals surface area (Å²) in [6.45, 7) is 1.90. The molecule has 3 atom stereocenters. The molecule has 6 heteroatoms. The Morgan fingerprint density at radius 3 is 2.83 bits per heavy atom. The van der Waals surface area contributed by atoms with Crippen LogP contribution >= 0.6 is 11.6 Å². The van der Waals surface area contributed by atoms with Crippen molar-refractivity contribution in [3.8, 4) is 0 Å². The Bertz CT molecular complexity index is 440. The van der Waals surface area contributed by atoms with Crippen LogP contribution in [0.25, 0.3) is 0 Å². The number of benzene rings is 1. The van der Waals surface area contributed by atoms with E-state index in [4.69, 9.17) is 17.3 Å². The summed E-state index contributed by atoms with van der Waals surface area (Å²) >= 11 is 6.09. The number of amides is 1. The molecule has 1 saturated heterocycles. The number of nitrogens with one attached hydrogen (secondary N) is 3. The van der Waals surface area contributed by atoms with Gasteiger partial charge in [0.05, 0.1) is 12.2 Å². The maximum absolute atomic E-state index is 12.0. The minimum absolute atomic E-state index is 0.0807. The van der Waals surface area contributed by atoms with E-state index in [1.54, 1.807) is 0 Å². The molecule has 1 aliphatic rings. The Morgan fingerprint density at radius 1 is 1.50 bits per heavy atom. The fourth-order valence-electron chi connectivity index (χ4n) is 1.97. The van der Waals surface area contributed by atoms with Crippen molar-refractivity contribution in [2.45, 2.75) is 31.6 Å². The third-order valence-electron chi connectivity index (χ3n) is 2.98. The van der Waals surface area contributed by atoms with Gasteiger partial charge in [-0.2, -0.15) is 0 Å². The largest absolute Gasteiger partial charge is 0.348 e. The van der Waals surface area contributed by atoms with Crippen molar-refractivity contribution in [1.29, 1.82) is 0 Å². The van der Waals surface area contributed by atoms with E-state index in [2.05, 4.69) is 16.2 Å². The summed E-state index contributed by atoms with van der Waals surface area (Å²) in [7, 11) is 0. The van der Waals surface area contributed by atoms with Gasteiger partial charge in [0.1, 0.15) is 6.04 Å². The third kappa shape index (κ3) is 3.00. The average molecular weight is 269 g/mol. The van der Waals surface area contributed by atoms with Crippen LogP contribution in [0.15, 0.2) is 24.3 Å². The first kappa shape index (κ1) is 13.3. The molecule has 0 bridgehead atoms. The quantitative estimate of drug-likeness (QED) is 0.650. The fourth-order valence-corrected chi connectivity index (χ4v) is 2.27.